The van der Waals surface area contributed by atoms with Crippen LogP contribution in [0.15, 0.2) is 119 Å². The molecule has 0 radical (unpaired) electrons. The van der Waals surface area contributed by atoms with Crippen molar-refractivity contribution in [2.45, 2.75) is 16.2 Å². The number of aldehydes is 1. The molecule has 0 unspecified atom stereocenters. The fourth-order valence-corrected chi connectivity index (χ4v) is 8.62. The number of rotatable bonds is 9. The summed E-state index contributed by atoms with van der Waals surface area (Å²) in [5, 5.41) is 0.331. The summed E-state index contributed by atoms with van der Waals surface area (Å²) in [7, 11) is -7.76. The van der Waals surface area contributed by atoms with Crippen molar-refractivity contribution in [2.24, 2.45) is 0 Å². The lowest BCUT2D eigenvalue weighted by atomic mass is 10.00. The number of ether oxygens (including phenoxy) is 1. The Kier molecular flexibility index (Phi) is 7.47. The molecule has 10 nitrogen and oxygen atoms in total. The molecule has 0 aliphatic heterocycles. The van der Waals surface area contributed by atoms with Gasteiger partial charge in [-0.2, -0.15) is 0 Å². The first kappa shape index (κ1) is 29.7. The minimum absolute atomic E-state index is 0.0713. The van der Waals surface area contributed by atoms with E-state index in [-0.39, 0.29) is 48.4 Å². The van der Waals surface area contributed by atoms with Crippen molar-refractivity contribution < 1.29 is 36.0 Å². The van der Waals surface area contributed by atoms with Gasteiger partial charge in [0.2, 0.25) is 5.78 Å². The SMILES string of the molecule is COC(=O)Cc1c(C(=O)c2c(C=O)c3ccccc3n2S(=O)(=O)c2ccccc2)c2ccccc2n1S(=O)(=O)c1ccccc1. The van der Waals surface area contributed by atoms with Crippen molar-refractivity contribution in [3.8, 4) is 0 Å². The van der Waals surface area contributed by atoms with Gasteiger partial charge in [-0.3, -0.25) is 14.4 Å². The number of carbonyl (C=O) groups excluding carboxylic acids is 3. The standard InChI is InChI=1S/C33H24N2O8S2/c1-43-30(37)20-29-31(25-17-9-11-19-28(25)34(29)44(39,40)22-12-4-2-5-13-22)33(38)32-26(21-36)24-16-8-10-18-27(24)35(32)45(41,42)23-14-6-3-7-15-23/h2-19,21H,20H2,1H3. The first-order chi connectivity index (χ1) is 21.6. The number of hydrogen-bond donors (Lipinski definition) is 0. The number of nitrogens with zero attached hydrogens (tertiary/aromatic N) is 2. The number of para-hydroxylation sites is 2. The van der Waals surface area contributed by atoms with Crippen molar-refractivity contribution in [2.75, 3.05) is 7.11 Å². The molecule has 0 aliphatic carbocycles. The van der Waals surface area contributed by atoms with Gasteiger partial charge in [-0.05, 0) is 36.4 Å². The van der Waals surface area contributed by atoms with E-state index in [0.717, 1.165) is 15.1 Å². The van der Waals surface area contributed by atoms with E-state index in [0.29, 0.717) is 6.29 Å². The summed E-state index contributed by atoms with van der Waals surface area (Å²) >= 11 is 0. The Labute approximate surface area is 258 Å². The van der Waals surface area contributed by atoms with Gasteiger partial charge in [0, 0.05) is 10.8 Å². The third kappa shape index (κ3) is 4.75. The largest absolute Gasteiger partial charge is 0.469 e. The van der Waals surface area contributed by atoms with E-state index in [2.05, 4.69) is 0 Å². The van der Waals surface area contributed by atoms with Crippen molar-refractivity contribution in [1.29, 1.82) is 0 Å². The number of aromatic nitrogens is 2. The zero-order chi connectivity index (χ0) is 31.9. The smallest absolute Gasteiger partial charge is 0.311 e. The molecule has 226 valence electrons. The number of esters is 1. The molecule has 0 atom stereocenters. The predicted molar refractivity (Wildman–Crippen MR) is 166 cm³/mol. The highest BCUT2D eigenvalue weighted by Gasteiger charge is 2.36. The van der Waals surface area contributed by atoms with Gasteiger partial charge < -0.3 is 4.74 Å². The van der Waals surface area contributed by atoms with Gasteiger partial charge in [-0.25, -0.2) is 24.8 Å². The fraction of sp³-hybridized carbons (Fsp3) is 0.0606. The molecule has 2 heterocycles. The van der Waals surface area contributed by atoms with Crippen molar-refractivity contribution in [3.05, 3.63) is 132 Å². The summed E-state index contributed by atoms with van der Waals surface area (Å²) in [6.07, 6.45) is -0.257. The van der Waals surface area contributed by atoms with Gasteiger partial charge in [-0.1, -0.05) is 72.8 Å². The molecule has 0 aliphatic rings. The lowest BCUT2D eigenvalue weighted by Crippen LogP contribution is -2.23. The van der Waals surface area contributed by atoms with Gasteiger partial charge in [-0.15, -0.1) is 0 Å². The molecule has 0 saturated heterocycles. The fourth-order valence-electron chi connectivity index (χ4n) is 5.50. The molecule has 0 bridgehead atoms. The minimum atomic E-state index is -4.48. The third-order valence-electron chi connectivity index (χ3n) is 7.46. The molecule has 6 rings (SSSR count). The molecule has 0 fully saturated rings. The second-order valence-electron chi connectivity index (χ2n) is 9.98. The van der Waals surface area contributed by atoms with Gasteiger partial charge >= 0.3 is 5.97 Å². The van der Waals surface area contributed by atoms with Gasteiger partial charge in [0.05, 0.1) is 51.2 Å². The van der Waals surface area contributed by atoms with Gasteiger partial charge in [0.25, 0.3) is 20.0 Å². The van der Waals surface area contributed by atoms with Gasteiger partial charge in [0.1, 0.15) is 5.69 Å². The maximum atomic E-state index is 14.9. The summed E-state index contributed by atoms with van der Waals surface area (Å²) in [5.41, 5.74) is -1.07. The summed E-state index contributed by atoms with van der Waals surface area (Å²) in [6.45, 7) is 0. The van der Waals surface area contributed by atoms with Crippen LogP contribution in [-0.2, 0) is 36.0 Å². The first-order valence-corrected chi connectivity index (χ1v) is 16.4. The highest BCUT2D eigenvalue weighted by atomic mass is 32.2. The maximum Gasteiger partial charge on any atom is 0.311 e. The Hall–Kier alpha value is -5.33. The molecule has 0 saturated carbocycles. The average Bonchev–Trinajstić information content (AvgIpc) is 3.58. The molecule has 0 spiro atoms. The first-order valence-electron chi connectivity index (χ1n) is 13.6. The normalized spacial score (nSPS) is 11.9. The number of hydrogen-bond acceptors (Lipinski definition) is 8. The van der Waals surface area contributed by atoms with Crippen molar-refractivity contribution in [3.63, 3.8) is 0 Å². The number of benzene rings is 4. The van der Waals surface area contributed by atoms with E-state index < -0.39 is 43.9 Å². The second-order valence-corrected chi connectivity index (χ2v) is 13.6. The predicted octanol–water partition coefficient (Wildman–Crippen LogP) is 4.83. The average molecular weight is 641 g/mol. The lowest BCUT2D eigenvalue weighted by molar-refractivity contribution is -0.139. The number of methoxy groups -OCH3 is 1. The number of carbonyl (C=O) groups is 3. The van der Waals surface area contributed by atoms with E-state index in [1.54, 1.807) is 36.4 Å². The Balaban J connectivity index is 1.75. The Morgan fingerprint density at radius 1 is 0.667 bits per heavy atom. The molecular formula is C33H24N2O8S2. The molecule has 6 aromatic rings. The van der Waals surface area contributed by atoms with Crippen LogP contribution in [0.2, 0.25) is 0 Å². The van der Waals surface area contributed by atoms with E-state index in [1.165, 1.54) is 72.8 Å². The highest BCUT2D eigenvalue weighted by molar-refractivity contribution is 7.90. The second kappa shape index (κ2) is 11.3. The molecule has 4 aromatic carbocycles. The van der Waals surface area contributed by atoms with Crippen LogP contribution in [0.25, 0.3) is 21.8 Å². The summed E-state index contributed by atoms with van der Waals surface area (Å²) in [5.74, 6) is -1.81. The zero-order valence-corrected chi connectivity index (χ0v) is 25.3. The van der Waals surface area contributed by atoms with Crippen LogP contribution in [0.3, 0.4) is 0 Å². The van der Waals surface area contributed by atoms with Gasteiger partial charge in [0.15, 0.2) is 6.29 Å². The highest BCUT2D eigenvalue weighted by Crippen LogP contribution is 2.36. The molecule has 0 amide bonds. The summed E-state index contributed by atoms with van der Waals surface area (Å²) < 4.78 is 63.2. The number of fused-ring (bicyclic) bond motifs is 2. The summed E-state index contributed by atoms with van der Waals surface area (Å²) in [6, 6.07) is 27.2. The monoisotopic (exact) mass is 640 g/mol. The Bertz CT molecular complexity index is 2360. The lowest BCUT2D eigenvalue weighted by Gasteiger charge is -2.14. The molecule has 0 N–H and O–H groups in total. The zero-order valence-electron chi connectivity index (χ0n) is 23.7. The molecule has 2 aromatic heterocycles. The van der Waals surface area contributed by atoms with Crippen molar-refractivity contribution >= 4 is 59.9 Å². The van der Waals surface area contributed by atoms with E-state index >= 15 is 0 Å². The van der Waals surface area contributed by atoms with E-state index in [4.69, 9.17) is 4.74 Å². The maximum absolute atomic E-state index is 14.9. The summed E-state index contributed by atoms with van der Waals surface area (Å²) in [4.78, 5) is 40.0. The van der Waals surface area contributed by atoms with Crippen LogP contribution < -0.4 is 0 Å². The molecule has 12 heteroatoms. The molecule has 45 heavy (non-hydrogen) atoms. The minimum Gasteiger partial charge on any atom is -0.469 e. The van der Waals surface area contributed by atoms with Crippen LogP contribution in [0.4, 0.5) is 0 Å². The van der Waals surface area contributed by atoms with Crippen LogP contribution >= 0.6 is 0 Å². The Morgan fingerprint density at radius 3 is 1.67 bits per heavy atom. The molecular weight excluding hydrogens is 617 g/mol. The van der Waals surface area contributed by atoms with Crippen LogP contribution in [-0.4, -0.2) is 49.9 Å². The quantitative estimate of drug-likeness (QED) is 0.124. The number of ketones is 1. The topological polar surface area (TPSA) is 139 Å². The van der Waals surface area contributed by atoms with Crippen LogP contribution in [0.5, 0.6) is 0 Å². The van der Waals surface area contributed by atoms with E-state index in [1.807, 2.05) is 0 Å². The van der Waals surface area contributed by atoms with Crippen LogP contribution in [0, 0.1) is 0 Å². The Morgan fingerprint density at radius 2 is 1.13 bits per heavy atom. The van der Waals surface area contributed by atoms with Crippen molar-refractivity contribution in [1.82, 2.24) is 7.94 Å². The van der Waals surface area contributed by atoms with E-state index in [9.17, 15) is 31.2 Å². The van der Waals surface area contributed by atoms with Crippen LogP contribution in [0.1, 0.15) is 32.1 Å². The third-order valence-corrected chi connectivity index (χ3v) is 11.0.